The van der Waals surface area contributed by atoms with Gasteiger partial charge in [0.15, 0.2) is 11.3 Å². The van der Waals surface area contributed by atoms with Crippen LogP contribution in [0.5, 0.6) is 0 Å². The lowest BCUT2D eigenvalue weighted by atomic mass is 9.94. The number of hydrogen-bond acceptors (Lipinski definition) is 9. The second kappa shape index (κ2) is 10.1. The SMILES string of the molecule is CN(C)c1ccc(-c2cc3sc4cc5c(cc4c3s2)sc2cc(/C=C/C3=C(C#N)C(=C(C#N)C#N)OC3(C)C)sc25)cc1. The van der Waals surface area contributed by atoms with E-state index in [0.717, 1.165) is 4.88 Å². The van der Waals surface area contributed by atoms with E-state index >= 15 is 0 Å². The lowest BCUT2D eigenvalue weighted by Crippen LogP contribution is -2.20. The smallest absolute Gasteiger partial charge is 0.172 e. The predicted molar refractivity (Wildman–Crippen MR) is 183 cm³/mol. The van der Waals surface area contributed by atoms with Gasteiger partial charge >= 0.3 is 0 Å². The van der Waals surface area contributed by atoms with Crippen LogP contribution in [0, 0.1) is 34.0 Å². The molecule has 5 heterocycles. The fraction of sp³-hybridized carbons (Fsp3) is 0.147. The first-order valence-corrected chi connectivity index (χ1v) is 16.6. The molecule has 2 aromatic carbocycles. The van der Waals surface area contributed by atoms with Crippen molar-refractivity contribution in [2.45, 2.75) is 19.4 Å². The van der Waals surface area contributed by atoms with Crippen LogP contribution in [0.1, 0.15) is 18.7 Å². The van der Waals surface area contributed by atoms with Crippen LogP contribution in [0.25, 0.3) is 55.5 Å². The molecular formula is C34H22N4OS4. The molecule has 0 bridgehead atoms. The van der Waals surface area contributed by atoms with Crippen LogP contribution in [0.2, 0.25) is 0 Å². The summed E-state index contributed by atoms with van der Waals surface area (Å²) in [6, 6.07) is 23.8. The monoisotopic (exact) mass is 630 g/mol. The summed E-state index contributed by atoms with van der Waals surface area (Å²) in [5.74, 6) is 0.0598. The Morgan fingerprint density at radius 3 is 2.02 bits per heavy atom. The third kappa shape index (κ3) is 4.43. The van der Waals surface area contributed by atoms with Crippen molar-refractivity contribution < 1.29 is 4.74 Å². The average molecular weight is 631 g/mol. The molecule has 0 atom stereocenters. The standard InChI is InChI=1S/C34H22N4OS4/c1-34(2)25(24(17-37)31(39-34)19(15-35)16-36)10-9-21-11-29-32(40-21)22-12-28-23(13-27(22)41-29)33-30(42-28)14-26(43-33)18-5-7-20(8-6-18)38(3)4/h5-14H,1-4H3/b10-9+. The van der Waals surface area contributed by atoms with Crippen molar-refractivity contribution in [3.05, 3.63) is 82.0 Å². The van der Waals surface area contributed by atoms with Gasteiger partial charge in [-0.15, -0.1) is 45.3 Å². The number of hydrogen-bond donors (Lipinski definition) is 0. The Morgan fingerprint density at radius 1 is 0.791 bits per heavy atom. The minimum Gasteiger partial charge on any atom is -0.480 e. The summed E-state index contributed by atoms with van der Waals surface area (Å²) in [6.45, 7) is 3.68. The number of anilines is 1. The molecule has 0 amide bonds. The molecule has 4 aromatic heterocycles. The first kappa shape index (κ1) is 27.4. The van der Waals surface area contributed by atoms with Gasteiger partial charge < -0.3 is 9.64 Å². The lowest BCUT2D eigenvalue weighted by molar-refractivity contribution is 0.0954. The Bertz CT molecular complexity index is 2330. The van der Waals surface area contributed by atoms with E-state index in [9.17, 15) is 15.8 Å². The van der Waals surface area contributed by atoms with Gasteiger partial charge in [0.05, 0.1) is 9.40 Å². The zero-order chi connectivity index (χ0) is 30.0. The summed E-state index contributed by atoms with van der Waals surface area (Å²) in [7, 11) is 4.12. The highest BCUT2D eigenvalue weighted by molar-refractivity contribution is 7.35. The van der Waals surface area contributed by atoms with Crippen LogP contribution < -0.4 is 4.90 Å². The first-order valence-electron chi connectivity index (χ1n) is 13.4. The number of rotatable bonds is 4. The van der Waals surface area contributed by atoms with Crippen LogP contribution in [0.4, 0.5) is 5.69 Å². The van der Waals surface area contributed by atoms with E-state index < -0.39 is 5.60 Å². The van der Waals surface area contributed by atoms with Gasteiger partial charge in [0.2, 0.25) is 0 Å². The van der Waals surface area contributed by atoms with Gasteiger partial charge in [-0.05, 0) is 61.9 Å². The number of fused-ring (bicyclic) bond motifs is 6. The number of allylic oxidation sites excluding steroid dienone is 2. The molecule has 6 aromatic rings. The zero-order valence-electron chi connectivity index (χ0n) is 23.6. The van der Waals surface area contributed by atoms with Crippen molar-refractivity contribution >= 4 is 96.1 Å². The molecule has 1 aliphatic heterocycles. The molecule has 7 rings (SSSR count). The first-order chi connectivity index (χ1) is 20.7. The van der Waals surface area contributed by atoms with Crippen LogP contribution >= 0.6 is 45.3 Å². The highest BCUT2D eigenvalue weighted by atomic mass is 32.1. The maximum Gasteiger partial charge on any atom is 0.172 e. The van der Waals surface area contributed by atoms with Crippen molar-refractivity contribution in [2.24, 2.45) is 0 Å². The number of nitriles is 3. The van der Waals surface area contributed by atoms with E-state index in [2.05, 4.69) is 73.6 Å². The molecule has 0 N–H and O–H groups in total. The quantitative estimate of drug-likeness (QED) is 0.181. The number of thiophene rings is 4. The van der Waals surface area contributed by atoms with Crippen molar-refractivity contribution in [3.63, 3.8) is 0 Å². The van der Waals surface area contributed by atoms with Gasteiger partial charge in [0, 0.05) is 64.7 Å². The summed E-state index contributed by atoms with van der Waals surface area (Å²) >= 11 is 7.24. The van der Waals surface area contributed by atoms with Gasteiger partial charge in [0.25, 0.3) is 0 Å². The van der Waals surface area contributed by atoms with E-state index in [-0.39, 0.29) is 16.9 Å². The molecule has 0 saturated heterocycles. The van der Waals surface area contributed by atoms with Crippen molar-refractivity contribution in [1.82, 2.24) is 0 Å². The molecule has 0 radical (unpaired) electrons. The number of nitrogens with zero attached hydrogens (tertiary/aromatic N) is 4. The highest BCUT2D eigenvalue weighted by Gasteiger charge is 2.38. The molecule has 5 nitrogen and oxygen atoms in total. The fourth-order valence-corrected chi connectivity index (χ4v) is 10.4. The van der Waals surface area contributed by atoms with E-state index in [1.807, 2.05) is 60.8 Å². The molecule has 43 heavy (non-hydrogen) atoms. The summed E-state index contributed by atoms with van der Waals surface area (Å²) in [4.78, 5) is 4.48. The van der Waals surface area contributed by atoms with E-state index in [1.54, 1.807) is 22.7 Å². The fourth-order valence-electron chi connectivity index (χ4n) is 5.41. The minimum absolute atomic E-state index is 0.0598. The minimum atomic E-state index is -0.829. The second-order valence-corrected chi connectivity index (χ2v) is 15.2. The molecule has 0 unspecified atom stereocenters. The molecule has 0 saturated carbocycles. The largest absolute Gasteiger partial charge is 0.480 e. The Kier molecular flexibility index (Phi) is 6.43. The predicted octanol–water partition coefficient (Wildman–Crippen LogP) is 10.2. The van der Waals surface area contributed by atoms with E-state index in [0.29, 0.717) is 5.57 Å². The van der Waals surface area contributed by atoms with Gasteiger partial charge in [0.1, 0.15) is 29.4 Å². The Labute approximate surface area is 264 Å². The zero-order valence-corrected chi connectivity index (χ0v) is 26.9. The third-order valence-corrected chi connectivity index (χ3v) is 12.4. The van der Waals surface area contributed by atoms with Crippen LogP contribution in [-0.4, -0.2) is 19.7 Å². The van der Waals surface area contributed by atoms with Gasteiger partial charge in [-0.1, -0.05) is 18.2 Å². The molecule has 0 aliphatic carbocycles. The maximum atomic E-state index is 9.83. The average Bonchev–Trinajstić information content (AvgIpc) is 3.77. The molecule has 0 spiro atoms. The van der Waals surface area contributed by atoms with Gasteiger partial charge in [-0.2, -0.15) is 15.8 Å². The normalized spacial score (nSPS) is 14.6. The topological polar surface area (TPSA) is 83.8 Å². The Morgan fingerprint density at radius 2 is 1.42 bits per heavy atom. The summed E-state index contributed by atoms with van der Waals surface area (Å²) < 4.78 is 13.6. The van der Waals surface area contributed by atoms with Crippen LogP contribution in [0.15, 0.2) is 77.1 Å². The maximum absolute atomic E-state index is 9.83. The van der Waals surface area contributed by atoms with E-state index in [1.165, 1.54) is 55.1 Å². The Hall–Kier alpha value is -4.43. The van der Waals surface area contributed by atoms with Gasteiger partial charge in [-0.25, -0.2) is 0 Å². The molecule has 0 fully saturated rings. The van der Waals surface area contributed by atoms with Crippen LogP contribution in [-0.2, 0) is 4.74 Å². The lowest BCUT2D eigenvalue weighted by Gasteiger charge is -2.20. The van der Waals surface area contributed by atoms with E-state index in [4.69, 9.17) is 4.74 Å². The highest BCUT2D eigenvalue weighted by Crippen LogP contribution is 2.48. The van der Waals surface area contributed by atoms with Crippen molar-refractivity contribution in [3.8, 4) is 28.6 Å². The number of benzene rings is 2. The molecular weight excluding hydrogens is 609 g/mol. The van der Waals surface area contributed by atoms with Gasteiger partial charge in [-0.3, -0.25) is 0 Å². The molecule has 208 valence electrons. The summed E-state index contributed by atoms with van der Waals surface area (Å²) in [5, 5.41) is 31.1. The number of ether oxygens (including phenoxy) is 1. The molecule has 9 heteroatoms. The van der Waals surface area contributed by atoms with Crippen molar-refractivity contribution in [1.29, 1.82) is 15.8 Å². The Balaban J connectivity index is 1.25. The van der Waals surface area contributed by atoms with Crippen molar-refractivity contribution in [2.75, 3.05) is 19.0 Å². The second-order valence-electron chi connectivity index (χ2n) is 10.9. The van der Waals surface area contributed by atoms with Crippen LogP contribution in [0.3, 0.4) is 0 Å². The summed E-state index contributed by atoms with van der Waals surface area (Å²) in [6.07, 6.45) is 3.88. The summed E-state index contributed by atoms with van der Waals surface area (Å²) in [5.41, 5.74) is 2.32. The molecule has 1 aliphatic rings. The third-order valence-electron chi connectivity index (χ3n) is 7.57.